The summed E-state index contributed by atoms with van der Waals surface area (Å²) in [5.41, 5.74) is 2.78. The van der Waals surface area contributed by atoms with Crippen molar-refractivity contribution in [1.29, 1.82) is 5.26 Å². The average molecular weight is 388 g/mol. The van der Waals surface area contributed by atoms with Gasteiger partial charge in [0.05, 0.1) is 18.1 Å². The Balaban J connectivity index is 2.11. The van der Waals surface area contributed by atoms with E-state index in [4.69, 9.17) is 21.6 Å². The van der Waals surface area contributed by atoms with E-state index < -0.39 is 18.5 Å². The Kier molecular flexibility index (Phi) is 7.03. The first-order chi connectivity index (χ1) is 12.9. The first-order valence-electron chi connectivity index (χ1n) is 8.65. The number of esters is 1. The molecule has 0 aliphatic rings. The molecule has 7 heteroatoms. The fourth-order valence-electron chi connectivity index (χ4n) is 2.98. The summed E-state index contributed by atoms with van der Waals surface area (Å²) in [5, 5.41) is 9.32. The molecule has 142 valence electrons. The number of nitriles is 1. The Morgan fingerprint density at radius 1 is 1.30 bits per heavy atom. The van der Waals surface area contributed by atoms with E-state index >= 15 is 0 Å². The fraction of sp³-hybridized carbons (Fsp3) is 0.350. The second-order valence-corrected chi connectivity index (χ2v) is 6.47. The molecule has 0 N–H and O–H groups in total. The van der Waals surface area contributed by atoms with Crippen molar-refractivity contribution in [3.63, 3.8) is 0 Å². The minimum atomic E-state index is -0.539. The van der Waals surface area contributed by atoms with Crippen LogP contribution in [-0.2, 0) is 16.1 Å². The lowest BCUT2D eigenvalue weighted by Gasteiger charge is -2.21. The quantitative estimate of drug-likeness (QED) is 0.675. The molecule has 0 unspecified atom stereocenters. The Morgan fingerprint density at radius 2 is 2.04 bits per heavy atom. The van der Waals surface area contributed by atoms with Gasteiger partial charge in [-0.3, -0.25) is 4.79 Å². The van der Waals surface area contributed by atoms with E-state index in [1.807, 2.05) is 31.4 Å². The maximum Gasteiger partial charge on any atom is 0.340 e. The number of aryl methyl sites for hydroxylation is 1. The van der Waals surface area contributed by atoms with Crippen molar-refractivity contribution in [3.8, 4) is 6.07 Å². The summed E-state index contributed by atoms with van der Waals surface area (Å²) in [6.45, 7) is 6.29. The molecule has 27 heavy (non-hydrogen) atoms. The lowest BCUT2D eigenvalue weighted by atomic mass is 10.2. The molecule has 0 saturated heterocycles. The average Bonchev–Trinajstić information content (AvgIpc) is 2.93. The van der Waals surface area contributed by atoms with Gasteiger partial charge >= 0.3 is 5.97 Å². The number of hydrogen-bond donors (Lipinski definition) is 0. The highest BCUT2D eigenvalue weighted by Gasteiger charge is 2.21. The third kappa shape index (κ3) is 4.89. The van der Waals surface area contributed by atoms with Crippen LogP contribution in [0, 0.1) is 25.2 Å². The zero-order chi connectivity index (χ0) is 20.0. The van der Waals surface area contributed by atoms with E-state index in [9.17, 15) is 9.59 Å². The highest BCUT2D eigenvalue weighted by molar-refractivity contribution is 6.30. The van der Waals surface area contributed by atoms with Gasteiger partial charge in [0, 0.05) is 35.2 Å². The normalized spacial score (nSPS) is 10.3. The number of aromatic nitrogens is 1. The molecule has 2 rings (SSSR count). The molecule has 0 saturated carbocycles. The zero-order valence-corrected chi connectivity index (χ0v) is 16.4. The highest BCUT2D eigenvalue weighted by atomic mass is 35.5. The van der Waals surface area contributed by atoms with Crippen LogP contribution in [0.3, 0.4) is 0 Å². The van der Waals surface area contributed by atoms with Crippen molar-refractivity contribution >= 4 is 29.2 Å². The SMILES string of the molecule is CCn1c(C)cc(C(=O)OCC(=O)N(CCC#N)c2cccc(Cl)c2)c1C. The van der Waals surface area contributed by atoms with Gasteiger partial charge in [-0.2, -0.15) is 5.26 Å². The van der Waals surface area contributed by atoms with Gasteiger partial charge in [-0.1, -0.05) is 17.7 Å². The van der Waals surface area contributed by atoms with Crippen molar-refractivity contribution in [2.24, 2.45) is 0 Å². The lowest BCUT2D eigenvalue weighted by Crippen LogP contribution is -2.35. The van der Waals surface area contributed by atoms with E-state index in [2.05, 4.69) is 0 Å². The maximum absolute atomic E-state index is 12.6. The summed E-state index contributed by atoms with van der Waals surface area (Å²) >= 11 is 5.99. The molecule has 1 aromatic carbocycles. The molecule has 1 amide bonds. The predicted molar refractivity (Wildman–Crippen MR) is 104 cm³/mol. The van der Waals surface area contributed by atoms with Crippen LogP contribution in [0.25, 0.3) is 0 Å². The van der Waals surface area contributed by atoms with Crippen molar-refractivity contribution in [2.75, 3.05) is 18.1 Å². The standard InChI is InChI=1S/C20H22ClN3O3/c1-4-23-14(2)11-18(15(23)3)20(26)27-13-19(25)24(10-6-9-22)17-8-5-7-16(21)12-17/h5,7-8,11-12H,4,6,10,13H2,1-3H3. The summed E-state index contributed by atoms with van der Waals surface area (Å²) in [5.74, 6) is -0.951. The van der Waals surface area contributed by atoms with Gasteiger partial charge in [-0.05, 0) is 45.0 Å². The van der Waals surface area contributed by atoms with E-state index in [1.165, 1.54) is 4.90 Å². The molecule has 2 aromatic rings. The molecule has 0 aliphatic carbocycles. The lowest BCUT2D eigenvalue weighted by molar-refractivity contribution is -0.121. The molecule has 1 aromatic heterocycles. The van der Waals surface area contributed by atoms with Crippen molar-refractivity contribution in [2.45, 2.75) is 33.7 Å². The van der Waals surface area contributed by atoms with Gasteiger partial charge in [0.2, 0.25) is 0 Å². The largest absolute Gasteiger partial charge is 0.452 e. The van der Waals surface area contributed by atoms with Crippen molar-refractivity contribution in [1.82, 2.24) is 4.57 Å². The second kappa shape index (κ2) is 9.24. The van der Waals surface area contributed by atoms with Crippen LogP contribution in [0.1, 0.15) is 35.1 Å². The first-order valence-corrected chi connectivity index (χ1v) is 9.03. The van der Waals surface area contributed by atoms with Gasteiger partial charge < -0.3 is 14.2 Å². The number of amides is 1. The summed E-state index contributed by atoms with van der Waals surface area (Å²) in [4.78, 5) is 26.4. The number of carbonyl (C=O) groups is 2. The Labute approximate surface area is 163 Å². The van der Waals surface area contributed by atoms with E-state index in [0.717, 1.165) is 17.9 Å². The third-order valence-electron chi connectivity index (χ3n) is 4.30. The van der Waals surface area contributed by atoms with Crippen LogP contribution in [0.4, 0.5) is 5.69 Å². The molecule has 0 spiro atoms. The minimum Gasteiger partial charge on any atom is -0.452 e. The monoisotopic (exact) mass is 387 g/mol. The van der Waals surface area contributed by atoms with Gasteiger partial charge in [0.1, 0.15) is 0 Å². The van der Waals surface area contributed by atoms with Gasteiger partial charge in [0.25, 0.3) is 5.91 Å². The summed E-state index contributed by atoms with van der Waals surface area (Å²) in [6.07, 6.45) is 0.157. The van der Waals surface area contributed by atoms with Gasteiger partial charge in [-0.15, -0.1) is 0 Å². The molecule has 0 radical (unpaired) electrons. The first kappa shape index (κ1) is 20.5. The zero-order valence-electron chi connectivity index (χ0n) is 15.7. The highest BCUT2D eigenvalue weighted by Crippen LogP contribution is 2.20. The van der Waals surface area contributed by atoms with Crippen LogP contribution in [0.2, 0.25) is 5.02 Å². The molecule has 0 atom stereocenters. The number of rotatable bonds is 7. The summed E-state index contributed by atoms with van der Waals surface area (Å²) in [6, 6.07) is 10.5. The molecule has 1 heterocycles. The molecule has 6 nitrogen and oxygen atoms in total. The van der Waals surface area contributed by atoms with E-state index in [0.29, 0.717) is 16.3 Å². The number of carbonyl (C=O) groups excluding carboxylic acids is 2. The fourth-order valence-corrected chi connectivity index (χ4v) is 3.17. The summed E-state index contributed by atoms with van der Waals surface area (Å²) < 4.78 is 7.24. The Bertz CT molecular complexity index is 883. The smallest absolute Gasteiger partial charge is 0.340 e. The van der Waals surface area contributed by atoms with Crippen LogP contribution >= 0.6 is 11.6 Å². The van der Waals surface area contributed by atoms with Crippen LogP contribution in [0.5, 0.6) is 0 Å². The number of benzene rings is 1. The molecular weight excluding hydrogens is 366 g/mol. The van der Waals surface area contributed by atoms with Crippen LogP contribution < -0.4 is 4.90 Å². The Hall–Kier alpha value is -2.78. The molecule has 0 bridgehead atoms. The predicted octanol–water partition coefficient (Wildman–Crippen LogP) is 3.88. The number of ether oxygens (including phenoxy) is 1. The molecule has 0 aliphatic heterocycles. The van der Waals surface area contributed by atoms with Crippen LogP contribution in [0.15, 0.2) is 30.3 Å². The minimum absolute atomic E-state index is 0.157. The van der Waals surface area contributed by atoms with E-state index in [-0.39, 0.29) is 13.0 Å². The van der Waals surface area contributed by atoms with Crippen molar-refractivity contribution in [3.05, 3.63) is 52.3 Å². The number of nitrogens with zero attached hydrogens (tertiary/aromatic N) is 3. The van der Waals surface area contributed by atoms with Gasteiger partial charge in [-0.25, -0.2) is 4.79 Å². The number of hydrogen-bond acceptors (Lipinski definition) is 4. The third-order valence-corrected chi connectivity index (χ3v) is 4.54. The van der Waals surface area contributed by atoms with E-state index in [1.54, 1.807) is 30.3 Å². The van der Waals surface area contributed by atoms with Crippen molar-refractivity contribution < 1.29 is 14.3 Å². The Morgan fingerprint density at radius 3 is 2.63 bits per heavy atom. The molecule has 0 fully saturated rings. The van der Waals surface area contributed by atoms with Crippen LogP contribution in [-0.4, -0.2) is 29.6 Å². The maximum atomic E-state index is 12.6. The summed E-state index contributed by atoms with van der Waals surface area (Å²) in [7, 11) is 0. The van der Waals surface area contributed by atoms with Gasteiger partial charge in [0.15, 0.2) is 6.61 Å². The second-order valence-electron chi connectivity index (χ2n) is 6.04. The number of anilines is 1. The topological polar surface area (TPSA) is 75.3 Å². The molecular formula is C20H22ClN3O3. The number of halogens is 1.